The smallest absolute Gasteiger partial charge is 0.252 e. The second-order valence-electron chi connectivity index (χ2n) is 3.10. The third kappa shape index (κ3) is 3.40. The fraction of sp³-hybridized carbons (Fsp3) is 0.273. The summed E-state index contributed by atoms with van der Waals surface area (Å²) in [6, 6.07) is 7.84. The zero-order valence-corrected chi connectivity index (χ0v) is 9.58. The summed E-state index contributed by atoms with van der Waals surface area (Å²) in [6.45, 7) is 3.78. The van der Waals surface area contributed by atoms with Crippen molar-refractivity contribution in [3.05, 3.63) is 51.0 Å². The van der Waals surface area contributed by atoms with E-state index < -0.39 is 0 Å². The molecule has 0 N–H and O–H groups in total. The predicted molar refractivity (Wildman–Crippen MR) is 62.4 cm³/mol. The van der Waals surface area contributed by atoms with Crippen LogP contribution >= 0.6 is 11.8 Å². The minimum Gasteiger partial charge on any atom is -0.259 e. The van der Waals surface area contributed by atoms with Crippen molar-refractivity contribution in [1.29, 1.82) is 0 Å². The lowest BCUT2D eigenvalue weighted by Gasteiger charge is -2.00. The Morgan fingerprint density at radius 2 is 2.20 bits per heavy atom. The standard InChI is InChI=1S/C11H13NO2S/c1-3-10(12(13)14)8-15-11-7-5-4-6-9(11)2/h4-8H,3H2,1-2H3. The van der Waals surface area contributed by atoms with Crippen molar-refractivity contribution in [3.63, 3.8) is 0 Å². The fourth-order valence-corrected chi connectivity index (χ4v) is 2.00. The van der Waals surface area contributed by atoms with E-state index in [1.807, 2.05) is 31.2 Å². The summed E-state index contributed by atoms with van der Waals surface area (Å²) in [5.41, 5.74) is 1.39. The molecule has 0 amide bonds. The molecule has 0 aromatic heterocycles. The van der Waals surface area contributed by atoms with Crippen molar-refractivity contribution in [2.24, 2.45) is 0 Å². The van der Waals surface area contributed by atoms with Crippen LogP contribution in [0.25, 0.3) is 0 Å². The third-order valence-corrected chi connectivity index (χ3v) is 3.11. The van der Waals surface area contributed by atoms with Crippen LogP contribution < -0.4 is 0 Å². The molecule has 0 atom stereocenters. The van der Waals surface area contributed by atoms with Gasteiger partial charge in [-0.15, -0.1) is 0 Å². The van der Waals surface area contributed by atoms with E-state index in [1.54, 1.807) is 12.3 Å². The summed E-state index contributed by atoms with van der Waals surface area (Å²) in [7, 11) is 0. The van der Waals surface area contributed by atoms with Crippen molar-refractivity contribution in [1.82, 2.24) is 0 Å². The Balaban J connectivity index is 2.79. The number of thioether (sulfide) groups is 1. The molecule has 0 saturated carbocycles. The normalized spacial score (nSPS) is 11.5. The second kappa shape index (κ2) is 5.56. The molecule has 0 bridgehead atoms. The van der Waals surface area contributed by atoms with Crippen LogP contribution in [0.15, 0.2) is 40.3 Å². The van der Waals surface area contributed by atoms with Crippen LogP contribution in [0.5, 0.6) is 0 Å². The quantitative estimate of drug-likeness (QED) is 0.445. The van der Waals surface area contributed by atoms with Gasteiger partial charge in [-0.2, -0.15) is 0 Å². The Labute approximate surface area is 93.3 Å². The lowest BCUT2D eigenvalue weighted by Crippen LogP contribution is -1.95. The van der Waals surface area contributed by atoms with E-state index in [4.69, 9.17) is 0 Å². The van der Waals surface area contributed by atoms with Crippen LogP contribution in [-0.2, 0) is 0 Å². The number of rotatable bonds is 4. The molecule has 0 aliphatic heterocycles. The summed E-state index contributed by atoms with van der Waals surface area (Å²) < 4.78 is 0. The number of nitrogens with zero attached hydrogens (tertiary/aromatic N) is 1. The van der Waals surface area contributed by atoms with Gasteiger partial charge >= 0.3 is 0 Å². The van der Waals surface area contributed by atoms with Gasteiger partial charge in [-0.1, -0.05) is 36.9 Å². The van der Waals surface area contributed by atoms with E-state index in [0.29, 0.717) is 6.42 Å². The van der Waals surface area contributed by atoms with Gasteiger partial charge in [0.1, 0.15) is 0 Å². The number of aryl methyl sites for hydroxylation is 1. The lowest BCUT2D eigenvalue weighted by molar-refractivity contribution is -0.427. The Morgan fingerprint density at radius 1 is 1.53 bits per heavy atom. The van der Waals surface area contributed by atoms with Crippen LogP contribution in [0.1, 0.15) is 18.9 Å². The Kier molecular flexibility index (Phi) is 4.37. The third-order valence-electron chi connectivity index (χ3n) is 2.01. The van der Waals surface area contributed by atoms with E-state index in [2.05, 4.69) is 0 Å². The number of hydrogen-bond acceptors (Lipinski definition) is 3. The number of benzene rings is 1. The average molecular weight is 223 g/mol. The highest BCUT2D eigenvalue weighted by atomic mass is 32.2. The molecule has 0 spiro atoms. The molecule has 0 aliphatic carbocycles. The summed E-state index contributed by atoms with van der Waals surface area (Å²) >= 11 is 1.40. The van der Waals surface area contributed by atoms with Crippen LogP contribution in [0, 0.1) is 17.0 Å². The zero-order valence-electron chi connectivity index (χ0n) is 8.77. The van der Waals surface area contributed by atoms with Crippen molar-refractivity contribution in [2.45, 2.75) is 25.2 Å². The molecular weight excluding hydrogens is 210 g/mol. The maximum Gasteiger partial charge on any atom is 0.252 e. The van der Waals surface area contributed by atoms with E-state index >= 15 is 0 Å². The highest BCUT2D eigenvalue weighted by Crippen LogP contribution is 2.24. The average Bonchev–Trinajstić information content (AvgIpc) is 2.21. The maximum atomic E-state index is 10.6. The largest absolute Gasteiger partial charge is 0.259 e. The summed E-state index contributed by atoms with van der Waals surface area (Å²) in [5, 5.41) is 12.2. The first-order chi connectivity index (χ1) is 7.15. The predicted octanol–water partition coefficient (Wildman–Crippen LogP) is 3.62. The molecule has 1 rings (SSSR count). The molecule has 1 aromatic carbocycles. The fourth-order valence-electron chi connectivity index (χ4n) is 1.08. The van der Waals surface area contributed by atoms with Gasteiger partial charge in [0.25, 0.3) is 5.70 Å². The van der Waals surface area contributed by atoms with Crippen LogP contribution in [0.4, 0.5) is 0 Å². The second-order valence-corrected chi connectivity index (χ2v) is 4.01. The molecule has 0 aliphatic rings. The van der Waals surface area contributed by atoms with Gasteiger partial charge in [0, 0.05) is 16.7 Å². The van der Waals surface area contributed by atoms with E-state index in [0.717, 1.165) is 10.5 Å². The molecular formula is C11H13NO2S. The van der Waals surface area contributed by atoms with E-state index in [1.165, 1.54) is 11.8 Å². The molecule has 15 heavy (non-hydrogen) atoms. The Bertz CT molecular complexity index is 388. The molecule has 0 fully saturated rings. The number of allylic oxidation sites excluding steroid dienone is 1. The highest BCUT2D eigenvalue weighted by Gasteiger charge is 2.07. The molecule has 0 radical (unpaired) electrons. The zero-order chi connectivity index (χ0) is 11.3. The monoisotopic (exact) mass is 223 g/mol. The SMILES string of the molecule is CCC(=CSc1ccccc1C)[N+](=O)[O-]. The summed E-state index contributed by atoms with van der Waals surface area (Å²) in [5.74, 6) is 0. The van der Waals surface area contributed by atoms with Crippen molar-refractivity contribution in [2.75, 3.05) is 0 Å². The maximum absolute atomic E-state index is 10.6. The minimum atomic E-state index is -0.328. The van der Waals surface area contributed by atoms with Crippen molar-refractivity contribution in [3.8, 4) is 0 Å². The van der Waals surface area contributed by atoms with Crippen LogP contribution in [0.2, 0.25) is 0 Å². The van der Waals surface area contributed by atoms with Gasteiger partial charge in [-0.25, -0.2) is 0 Å². The van der Waals surface area contributed by atoms with Gasteiger partial charge in [0.05, 0.1) is 4.92 Å². The van der Waals surface area contributed by atoms with Crippen molar-refractivity contribution >= 4 is 11.8 Å². The summed E-state index contributed by atoms with van der Waals surface area (Å²) in [4.78, 5) is 11.3. The first kappa shape index (κ1) is 11.8. The lowest BCUT2D eigenvalue weighted by atomic mass is 10.2. The van der Waals surface area contributed by atoms with Crippen LogP contribution in [0.3, 0.4) is 0 Å². The van der Waals surface area contributed by atoms with Gasteiger partial charge in [-0.3, -0.25) is 10.1 Å². The number of nitro groups is 1. The molecule has 1 aromatic rings. The molecule has 0 heterocycles. The molecule has 0 saturated heterocycles. The van der Waals surface area contributed by atoms with Crippen LogP contribution in [-0.4, -0.2) is 4.92 Å². The van der Waals surface area contributed by atoms with E-state index in [9.17, 15) is 10.1 Å². The van der Waals surface area contributed by atoms with E-state index in [-0.39, 0.29) is 10.6 Å². The van der Waals surface area contributed by atoms with Gasteiger partial charge in [0.15, 0.2) is 0 Å². The van der Waals surface area contributed by atoms with Gasteiger partial charge < -0.3 is 0 Å². The van der Waals surface area contributed by atoms with Crippen molar-refractivity contribution < 1.29 is 4.92 Å². The number of hydrogen-bond donors (Lipinski definition) is 0. The minimum absolute atomic E-state index is 0.253. The van der Waals surface area contributed by atoms with Gasteiger partial charge in [-0.05, 0) is 18.6 Å². The first-order valence-corrected chi connectivity index (χ1v) is 5.58. The Hall–Kier alpha value is -1.29. The highest BCUT2D eigenvalue weighted by molar-refractivity contribution is 8.02. The summed E-state index contributed by atoms with van der Waals surface area (Å²) in [6.07, 6.45) is 0.450. The Morgan fingerprint density at radius 3 is 2.73 bits per heavy atom. The topological polar surface area (TPSA) is 43.1 Å². The van der Waals surface area contributed by atoms with Gasteiger partial charge in [0.2, 0.25) is 0 Å². The molecule has 80 valence electrons. The first-order valence-electron chi connectivity index (χ1n) is 4.71. The molecule has 4 heteroatoms. The molecule has 3 nitrogen and oxygen atoms in total. The molecule has 0 unspecified atom stereocenters.